The van der Waals surface area contributed by atoms with E-state index in [9.17, 15) is 0 Å². The number of fused-ring (bicyclic) bond motifs is 9. The minimum Gasteiger partial charge on any atom is -0.456 e. The summed E-state index contributed by atoms with van der Waals surface area (Å²) in [7, 11) is 0. The molecule has 11 aromatic rings. The highest BCUT2D eigenvalue weighted by atomic mass is 32.1. The highest BCUT2D eigenvalue weighted by Crippen LogP contribution is 2.43. The topological polar surface area (TPSA) is 71.7 Å². The zero-order chi connectivity index (χ0) is 33.5. The van der Waals surface area contributed by atoms with Crippen LogP contribution in [0.5, 0.6) is 0 Å². The van der Waals surface area contributed by atoms with Crippen LogP contribution in [0, 0.1) is 0 Å². The molecule has 7 heterocycles. The van der Waals surface area contributed by atoms with Crippen molar-refractivity contribution < 1.29 is 13.3 Å². The Labute approximate surface area is 297 Å². The zero-order valence-corrected chi connectivity index (χ0v) is 28.3. The van der Waals surface area contributed by atoms with E-state index in [-0.39, 0.29) is 0 Å². The summed E-state index contributed by atoms with van der Waals surface area (Å²) in [6, 6.07) is 43.3. The van der Waals surface area contributed by atoms with Gasteiger partial charge in [-0.25, -0.2) is 4.98 Å². The van der Waals surface area contributed by atoms with E-state index in [2.05, 4.69) is 87.3 Å². The predicted octanol–water partition coefficient (Wildman–Crippen LogP) is 13.2. The van der Waals surface area contributed by atoms with Gasteiger partial charge < -0.3 is 13.3 Å². The molecule has 0 bridgehead atoms. The van der Waals surface area contributed by atoms with Crippen molar-refractivity contribution >= 4 is 122 Å². The number of rotatable bonds is 6. The Morgan fingerprint density at radius 1 is 0.431 bits per heavy atom. The molecule has 0 aliphatic heterocycles. The molecule has 0 aliphatic rings. The van der Waals surface area contributed by atoms with E-state index in [0.29, 0.717) is 11.3 Å². The normalized spacial score (nSPS) is 11.9. The summed E-state index contributed by atoms with van der Waals surface area (Å²) in [6.07, 6.45) is 1.88. The quantitative estimate of drug-likeness (QED) is 0.171. The number of pyridine rings is 2. The third-order valence-corrected chi connectivity index (χ3v) is 11.1. The largest absolute Gasteiger partial charge is 0.456 e. The second-order valence-corrected chi connectivity index (χ2v) is 14.1. The van der Waals surface area contributed by atoms with Gasteiger partial charge in [-0.3, -0.25) is 9.80 Å². The molecule has 0 N–H and O–H groups in total. The number of thiophene rings is 2. The second kappa shape index (κ2) is 11.0. The Morgan fingerprint density at radius 3 is 1.59 bits per heavy atom. The monoisotopic (exact) mass is 696 g/mol. The Morgan fingerprint density at radius 2 is 0.980 bits per heavy atom. The summed E-state index contributed by atoms with van der Waals surface area (Å²) in [6.45, 7) is 0. The Hall–Kier alpha value is -6.42. The maximum Gasteiger partial charge on any atom is 0.229 e. The first kappa shape index (κ1) is 28.4. The van der Waals surface area contributed by atoms with Crippen LogP contribution in [0.3, 0.4) is 0 Å². The first-order chi connectivity index (χ1) is 25.2. The molecule has 0 saturated heterocycles. The van der Waals surface area contributed by atoms with E-state index in [1.807, 2.05) is 66.9 Å². The fourth-order valence-electron chi connectivity index (χ4n) is 7.02. The fraction of sp³-hybridized carbons (Fsp3) is 0. The van der Waals surface area contributed by atoms with Gasteiger partial charge in [-0.1, -0.05) is 36.4 Å². The van der Waals surface area contributed by atoms with Crippen molar-refractivity contribution in [1.29, 1.82) is 0 Å². The molecular weight excluding hydrogens is 673 g/mol. The van der Waals surface area contributed by atoms with Crippen LogP contribution in [0.4, 0.5) is 33.0 Å². The molecule has 0 unspecified atom stereocenters. The Bertz CT molecular complexity index is 2860. The Kier molecular flexibility index (Phi) is 6.16. The second-order valence-electron chi connectivity index (χ2n) is 12.3. The van der Waals surface area contributed by atoms with Gasteiger partial charge in [0.2, 0.25) is 5.71 Å². The van der Waals surface area contributed by atoms with E-state index in [0.717, 1.165) is 87.7 Å². The van der Waals surface area contributed by atoms with Gasteiger partial charge in [-0.15, -0.1) is 22.7 Å². The number of nitrogens with zero attached hydrogens (tertiary/aromatic N) is 4. The molecule has 0 saturated carbocycles. The van der Waals surface area contributed by atoms with Gasteiger partial charge in [0.25, 0.3) is 0 Å². The van der Waals surface area contributed by atoms with Gasteiger partial charge in [-0.05, 0) is 83.6 Å². The number of hydrogen-bond acceptors (Lipinski definition) is 9. The minimum absolute atomic E-state index is 0.541. The maximum absolute atomic E-state index is 6.53. The molecule has 4 aromatic carbocycles. The van der Waals surface area contributed by atoms with Gasteiger partial charge in [0, 0.05) is 56.7 Å². The number of hydrogen-bond donors (Lipinski definition) is 0. The van der Waals surface area contributed by atoms with Crippen LogP contribution >= 0.6 is 22.7 Å². The van der Waals surface area contributed by atoms with Gasteiger partial charge in [0.15, 0.2) is 0 Å². The number of aromatic nitrogens is 2. The molecule has 9 heteroatoms. The molecule has 0 aliphatic carbocycles. The highest BCUT2D eigenvalue weighted by Gasteiger charge is 2.22. The van der Waals surface area contributed by atoms with E-state index in [1.165, 1.54) is 0 Å². The zero-order valence-electron chi connectivity index (χ0n) is 26.7. The van der Waals surface area contributed by atoms with Crippen LogP contribution in [0.15, 0.2) is 158 Å². The average molecular weight is 697 g/mol. The molecule has 7 nitrogen and oxygen atoms in total. The van der Waals surface area contributed by atoms with Crippen molar-refractivity contribution in [2.24, 2.45) is 0 Å². The maximum atomic E-state index is 6.53. The van der Waals surface area contributed by atoms with E-state index in [4.69, 9.17) is 23.2 Å². The molecule has 0 fully saturated rings. The molecule has 0 radical (unpaired) electrons. The highest BCUT2D eigenvalue weighted by molar-refractivity contribution is 7.14. The minimum atomic E-state index is 0.541. The predicted molar refractivity (Wildman–Crippen MR) is 209 cm³/mol. The van der Waals surface area contributed by atoms with Crippen LogP contribution < -0.4 is 9.80 Å². The summed E-state index contributed by atoms with van der Waals surface area (Å²) < 4.78 is 19.0. The standard InChI is InChI=1S/C42H24N4O3S2/c1-3-9-33-27(7-1)29-15-13-25(21-35(29)47-33)45(40-11-5-19-50-40)38-18-17-31-32-24-43-39(23-37(32)49-42(31)44-38)46(41-12-6-20-51-41)26-14-16-30-28-8-2-4-10-34(28)48-36(30)22-26/h1-24H. The summed E-state index contributed by atoms with van der Waals surface area (Å²) in [5.41, 5.74) is 6.53. The smallest absolute Gasteiger partial charge is 0.229 e. The van der Waals surface area contributed by atoms with E-state index < -0.39 is 0 Å². The summed E-state index contributed by atoms with van der Waals surface area (Å²) in [5.74, 6) is 1.48. The van der Waals surface area contributed by atoms with Crippen LogP contribution in [-0.4, -0.2) is 9.97 Å². The van der Waals surface area contributed by atoms with Crippen molar-refractivity contribution in [3.05, 3.63) is 144 Å². The first-order valence-corrected chi connectivity index (χ1v) is 18.2. The number of anilines is 6. The summed E-state index contributed by atoms with van der Waals surface area (Å²) >= 11 is 3.29. The lowest BCUT2D eigenvalue weighted by Gasteiger charge is -2.22. The molecule has 51 heavy (non-hydrogen) atoms. The van der Waals surface area contributed by atoms with Crippen LogP contribution in [0.1, 0.15) is 0 Å². The van der Waals surface area contributed by atoms with Gasteiger partial charge >= 0.3 is 0 Å². The van der Waals surface area contributed by atoms with E-state index >= 15 is 0 Å². The molecular formula is C42H24N4O3S2. The molecule has 7 aromatic heterocycles. The first-order valence-electron chi connectivity index (χ1n) is 16.4. The van der Waals surface area contributed by atoms with Crippen molar-refractivity contribution in [2.45, 2.75) is 0 Å². The third kappa shape index (κ3) is 4.49. The van der Waals surface area contributed by atoms with Crippen molar-refractivity contribution in [3.63, 3.8) is 0 Å². The van der Waals surface area contributed by atoms with Crippen LogP contribution in [0.25, 0.3) is 65.9 Å². The van der Waals surface area contributed by atoms with Crippen LogP contribution in [0.2, 0.25) is 0 Å². The lowest BCUT2D eigenvalue weighted by molar-refractivity contribution is 0.654. The molecule has 0 atom stereocenters. The molecule has 242 valence electrons. The molecule has 0 spiro atoms. The van der Waals surface area contributed by atoms with Gasteiger partial charge in [0.05, 0.1) is 11.4 Å². The van der Waals surface area contributed by atoms with Crippen molar-refractivity contribution in [1.82, 2.24) is 9.97 Å². The fourth-order valence-corrected chi connectivity index (χ4v) is 8.54. The SMILES string of the molecule is c1csc(N(c2ccc3c(c2)oc2ccccc23)c2cc3oc4nc(N(c5ccc6c(c5)oc5ccccc56)c5cccs5)ccc4c3cn2)c1. The van der Waals surface area contributed by atoms with Crippen molar-refractivity contribution in [2.75, 3.05) is 9.80 Å². The van der Waals surface area contributed by atoms with Gasteiger partial charge in [0.1, 0.15) is 49.6 Å². The number of benzene rings is 4. The molecule has 0 amide bonds. The molecule has 11 rings (SSSR count). The van der Waals surface area contributed by atoms with Gasteiger partial charge in [-0.2, -0.15) is 4.98 Å². The average Bonchev–Trinajstić information content (AvgIpc) is 4.01. The van der Waals surface area contributed by atoms with E-state index in [1.54, 1.807) is 22.7 Å². The number of furan rings is 3. The Balaban J connectivity index is 1.02. The summed E-state index contributed by atoms with van der Waals surface area (Å²) in [4.78, 5) is 14.3. The third-order valence-electron chi connectivity index (χ3n) is 9.35. The lowest BCUT2D eigenvalue weighted by atomic mass is 10.1. The lowest BCUT2D eigenvalue weighted by Crippen LogP contribution is -2.10. The number of para-hydroxylation sites is 2. The van der Waals surface area contributed by atoms with Crippen LogP contribution in [-0.2, 0) is 0 Å². The summed E-state index contributed by atoms with van der Waals surface area (Å²) in [5, 5.41) is 12.4. The van der Waals surface area contributed by atoms with Crippen molar-refractivity contribution in [3.8, 4) is 0 Å².